The highest BCUT2D eigenvalue weighted by Gasteiger charge is 2.15. The number of thiazole rings is 1. The van der Waals surface area contributed by atoms with Gasteiger partial charge in [0.25, 0.3) is 0 Å². The number of pyridine rings is 1. The van der Waals surface area contributed by atoms with Gasteiger partial charge in [-0.25, -0.2) is 9.78 Å². The molecule has 0 aliphatic heterocycles. The van der Waals surface area contributed by atoms with Crippen LogP contribution < -0.4 is 10.2 Å². The number of ether oxygens (including phenoxy) is 1. The molecular weight excluding hydrogens is 380 g/mol. The van der Waals surface area contributed by atoms with E-state index in [4.69, 9.17) is 4.74 Å². The third-order valence-corrected chi connectivity index (χ3v) is 4.58. The van der Waals surface area contributed by atoms with Crippen LogP contribution in [0.4, 0.5) is 15.6 Å². The number of carbonyl (C=O) groups excluding carboxylic acids is 2. The van der Waals surface area contributed by atoms with Crippen molar-refractivity contribution in [2.45, 2.75) is 13.0 Å². The molecule has 0 unspecified atom stereocenters. The fourth-order valence-electron chi connectivity index (χ4n) is 2.32. The van der Waals surface area contributed by atoms with Gasteiger partial charge in [-0.05, 0) is 18.2 Å². The van der Waals surface area contributed by atoms with Crippen molar-refractivity contribution in [1.29, 1.82) is 0 Å². The molecule has 3 rings (SSSR count). The Hall–Kier alpha value is -3.46. The van der Waals surface area contributed by atoms with Crippen LogP contribution >= 0.6 is 11.3 Å². The molecule has 0 saturated heterocycles. The largest absolute Gasteiger partial charge is 0.508 e. The van der Waals surface area contributed by atoms with Gasteiger partial charge < -0.3 is 14.7 Å². The summed E-state index contributed by atoms with van der Waals surface area (Å²) in [6.07, 6.45) is 2.69. The van der Waals surface area contributed by atoms with Crippen LogP contribution in [-0.2, 0) is 22.6 Å². The molecule has 0 saturated carbocycles. The number of amides is 2. The molecule has 0 spiro atoms. The highest BCUT2D eigenvalue weighted by molar-refractivity contribution is 7.13. The van der Waals surface area contributed by atoms with Gasteiger partial charge in [0.15, 0.2) is 5.13 Å². The summed E-state index contributed by atoms with van der Waals surface area (Å²) in [4.78, 5) is 33.9. The number of rotatable bonds is 6. The molecule has 144 valence electrons. The van der Waals surface area contributed by atoms with Gasteiger partial charge in [0.1, 0.15) is 12.4 Å². The smallest absolute Gasteiger partial charge is 0.413 e. The maximum Gasteiger partial charge on any atom is 0.413 e. The number of aromatic nitrogens is 2. The second-order valence-corrected chi connectivity index (χ2v) is 6.71. The van der Waals surface area contributed by atoms with Gasteiger partial charge in [0.05, 0.1) is 12.1 Å². The van der Waals surface area contributed by atoms with E-state index in [1.54, 1.807) is 49.1 Å². The summed E-state index contributed by atoms with van der Waals surface area (Å²) in [6.45, 7) is 0.102. The number of benzene rings is 1. The molecule has 2 heterocycles. The first kappa shape index (κ1) is 19.3. The van der Waals surface area contributed by atoms with Gasteiger partial charge >= 0.3 is 6.09 Å². The quantitative estimate of drug-likeness (QED) is 0.661. The summed E-state index contributed by atoms with van der Waals surface area (Å²) in [7, 11) is 1.62. The van der Waals surface area contributed by atoms with Crippen LogP contribution in [0.1, 0.15) is 11.3 Å². The zero-order chi connectivity index (χ0) is 19.9. The maximum absolute atomic E-state index is 12.4. The van der Waals surface area contributed by atoms with Crippen LogP contribution in [0.2, 0.25) is 0 Å². The minimum absolute atomic E-state index is 0.0646. The normalized spacial score (nSPS) is 10.3. The minimum Gasteiger partial charge on any atom is -0.508 e. The highest BCUT2D eigenvalue weighted by Crippen LogP contribution is 2.21. The van der Waals surface area contributed by atoms with Crippen molar-refractivity contribution in [2.24, 2.45) is 0 Å². The molecular formula is C19H18N4O4S. The fraction of sp³-hybridized carbons (Fsp3) is 0.158. The predicted octanol–water partition coefficient (Wildman–Crippen LogP) is 3.20. The van der Waals surface area contributed by atoms with Gasteiger partial charge in [0.2, 0.25) is 5.91 Å². The van der Waals surface area contributed by atoms with E-state index in [1.165, 1.54) is 28.4 Å². The monoisotopic (exact) mass is 398 g/mol. The van der Waals surface area contributed by atoms with Crippen molar-refractivity contribution in [3.05, 3.63) is 65.4 Å². The summed E-state index contributed by atoms with van der Waals surface area (Å²) < 4.78 is 5.11. The molecule has 0 aliphatic carbocycles. The SMILES string of the molecule is CN(C(=O)Cc1csc(NC(=O)OCc2cccnc2)n1)c1cccc(O)c1. The molecule has 9 heteroatoms. The first-order valence-electron chi connectivity index (χ1n) is 8.34. The highest BCUT2D eigenvalue weighted by atomic mass is 32.1. The Kier molecular flexibility index (Phi) is 6.18. The van der Waals surface area contributed by atoms with E-state index in [1.807, 2.05) is 0 Å². The third kappa shape index (κ3) is 5.27. The Morgan fingerprint density at radius 3 is 2.89 bits per heavy atom. The van der Waals surface area contributed by atoms with Crippen molar-refractivity contribution in [2.75, 3.05) is 17.3 Å². The van der Waals surface area contributed by atoms with Crippen LogP contribution in [0.25, 0.3) is 0 Å². The summed E-state index contributed by atoms with van der Waals surface area (Å²) >= 11 is 1.21. The molecule has 28 heavy (non-hydrogen) atoms. The molecule has 2 aromatic heterocycles. The fourth-order valence-corrected chi connectivity index (χ4v) is 3.02. The van der Waals surface area contributed by atoms with Crippen molar-refractivity contribution < 1.29 is 19.4 Å². The lowest BCUT2D eigenvalue weighted by atomic mass is 10.2. The maximum atomic E-state index is 12.4. The van der Waals surface area contributed by atoms with Crippen molar-refractivity contribution >= 4 is 34.2 Å². The predicted molar refractivity (Wildman–Crippen MR) is 105 cm³/mol. The number of hydrogen-bond donors (Lipinski definition) is 2. The Labute approximate surface area is 165 Å². The molecule has 0 aliphatic rings. The number of phenols is 1. The Morgan fingerprint density at radius 1 is 1.29 bits per heavy atom. The summed E-state index contributed by atoms with van der Waals surface area (Å²) in [5.41, 5.74) is 1.89. The van der Waals surface area contributed by atoms with Crippen LogP contribution in [0.5, 0.6) is 5.75 Å². The molecule has 2 N–H and O–H groups in total. The second-order valence-electron chi connectivity index (χ2n) is 5.86. The number of phenolic OH excluding ortho intramolecular Hbond substituents is 1. The molecule has 0 atom stereocenters. The first-order valence-corrected chi connectivity index (χ1v) is 9.22. The lowest BCUT2D eigenvalue weighted by molar-refractivity contribution is -0.117. The molecule has 8 nitrogen and oxygen atoms in total. The zero-order valence-electron chi connectivity index (χ0n) is 15.0. The third-order valence-electron chi connectivity index (χ3n) is 3.78. The van der Waals surface area contributed by atoms with Gasteiger partial charge in [-0.2, -0.15) is 0 Å². The van der Waals surface area contributed by atoms with Crippen LogP contribution in [0, 0.1) is 0 Å². The molecule has 3 aromatic rings. The number of likely N-dealkylation sites (N-methyl/N-ethyl adjacent to an activating group) is 1. The number of carbonyl (C=O) groups is 2. The standard InChI is InChI=1S/C19H18N4O4S/c1-23(15-5-2-6-16(24)9-15)17(25)8-14-12-28-18(21-14)22-19(26)27-11-13-4-3-7-20-10-13/h2-7,9-10,12,24H,8,11H2,1H3,(H,21,22,26). The van der Waals surface area contributed by atoms with Crippen LogP contribution in [-0.4, -0.2) is 34.1 Å². The van der Waals surface area contributed by atoms with Gasteiger partial charge in [-0.1, -0.05) is 12.1 Å². The van der Waals surface area contributed by atoms with Crippen LogP contribution in [0.3, 0.4) is 0 Å². The summed E-state index contributed by atoms with van der Waals surface area (Å²) in [6, 6.07) is 9.99. The van der Waals surface area contributed by atoms with E-state index < -0.39 is 6.09 Å². The average Bonchev–Trinajstić information content (AvgIpc) is 3.13. The lowest BCUT2D eigenvalue weighted by Crippen LogP contribution is -2.27. The van der Waals surface area contributed by atoms with Gasteiger partial charge in [-0.3, -0.25) is 15.1 Å². The van der Waals surface area contributed by atoms with E-state index in [-0.39, 0.29) is 24.7 Å². The summed E-state index contributed by atoms with van der Waals surface area (Å²) in [5.74, 6) is -0.108. The molecule has 0 fully saturated rings. The molecule has 2 amide bonds. The first-order chi connectivity index (χ1) is 13.5. The molecule has 0 bridgehead atoms. The number of hydrogen-bond acceptors (Lipinski definition) is 7. The topological polar surface area (TPSA) is 105 Å². The molecule has 0 radical (unpaired) electrons. The van der Waals surface area contributed by atoms with Crippen LogP contribution in [0.15, 0.2) is 54.2 Å². The van der Waals surface area contributed by atoms with E-state index in [0.717, 1.165) is 5.56 Å². The van der Waals surface area contributed by atoms with Crippen molar-refractivity contribution in [1.82, 2.24) is 9.97 Å². The Morgan fingerprint density at radius 2 is 2.14 bits per heavy atom. The number of nitrogens with one attached hydrogen (secondary N) is 1. The zero-order valence-corrected chi connectivity index (χ0v) is 15.8. The minimum atomic E-state index is -0.632. The van der Waals surface area contributed by atoms with Crippen molar-refractivity contribution in [3.8, 4) is 5.75 Å². The number of aromatic hydroxyl groups is 1. The molecule has 1 aromatic carbocycles. The van der Waals surface area contributed by atoms with E-state index in [9.17, 15) is 14.7 Å². The number of anilines is 2. The lowest BCUT2D eigenvalue weighted by Gasteiger charge is -2.16. The Bertz CT molecular complexity index is 961. The van der Waals surface area contributed by atoms with Crippen molar-refractivity contribution in [3.63, 3.8) is 0 Å². The van der Waals surface area contributed by atoms with Gasteiger partial charge in [-0.15, -0.1) is 11.3 Å². The summed E-state index contributed by atoms with van der Waals surface area (Å²) in [5, 5.41) is 14.1. The van der Waals surface area contributed by atoms with E-state index >= 15 is 0 Å². The average molecular weight is 398 g/mol. The second kappa shape index (κ2) is 8.96. The van der Waals surface area contributed by atoms with E-state index in [2.05, 4.69) is 15.3 Å². The van der Waals surface area contributed by atoms with Gasteiger partial charge in [0, 0.05) is 42.1 Å². The number of nitrogens with zero attached hydrogens (tertiary/aromatic N) is 3. The Balaban J connectivity index is 1.52. The van der Waals surface area contributed by atoms with E-state index in [0.29, 0.717) is 16.5 Å².